The molecule has 82 valence electrons. The summed E-state index contributed by atoms with van der Waals surface area (Å²) < 4.78 is 6.57. The highest BCUT2D eigenvalue weighted by molar-refractivity contribution is 5.56. The van der Waals surface area contributed by atoms with Crippen LogP contribution >= 0.6 is 0 Å². The van der Waals surface area contributed by atoms with Gasteiger partial charge in [0.15, 0.2) is 11.4 Å². The van der Waals surface area contributed by atoms with Gasteiger partial charge in [-0.25, -0.2) is 0 Å². The number of para-hydroxylation sites is 2. The predicted molar refractivity (Wildman–Crippen MR) is 64.3 cm³/mol. The fraction of sp³-hybridized carbons (Fsp3) is 0.538. The molecular weight excluding hydrogens is 186 g/mol. The summed E-state index contributed by atoms with van der Waals surface area (Å²) in [6, 6.07) is 8.45. The molecule has 15 heavy (non-hydrogen) atoms. The molecule has 1 aromatic carbocycles. The highest BCUT2D eigenvalue weighted by Gasteiger charge is 2.34. The Morgan fingerprint density at radius 3 is 2.47 bits per heavy atom. The Hall–Kier alpha value is -1.02. The maximum absolute atomic E-state index is 5.47. The number of benzene rings is 1. The predicted octanol–water partition coefficient (Wildman–Crippen LogP) is 2.82. The van der Waals surface area contributed by atoms with Crippen molar-refractivity contribution < 1.29 is 4.74 Å². The summed E-state index contributed by atoms with van der Waals surface area (Å²) >= 11 is 0. The van der Waals surface area contributed by atoms with Crippen molar-refractivity contribution in [1.82, 2.24) is 4.48 Å². The molecule has 0 spiro atoms. The van der Waals surface area contributed by atoms with E-state index < -0.39 is 0 Å². The first-order chi connectivity index (χ1) is 7.32. The van der Waals surface area contributed by atoms with Crippen LogP contribution in [0.4, 0.5) is 5.69 Å². The summed E-state index contributed by atoms with van der Waals surface area (Å²) in [6.45, 7) is 5.96. The van der Waals surface area contributed by atoms with Crippen LogP contribution in [0.25, 0.3) is 0 Å². The van der Waals surface area contributed by atoms with Crippen LogP contribution < -0.4 is 9.22 Å². The van der Waals surface area contributed by atoms with Crippen LogP contribution in [0.2, 0.25) is 0 Å². The third kappa shape index (κ3) is 1.74. The van der Waals surface area contributed by atoms with E-state index in [9.17, 15) is 0 Å². The van der Waals surface area contributed by atoms with Crippen molar-refractivity contribution in [2.45, 2.75) is 19.8 Å². The van der Waals surface area contributed by atoms with Gasteiger partial charge < -0.3 is 4.74 Å². The number of likely N-dealkylation sites (tertiary alicyclic amines) is 1. The van der Waals surface area contributed by atoms with Crippen molar-refractivity contribution in [2.24, 2.45) is 0 Å². The molecule has 0 bridgehead atoms. The maximum atomic E-state index is 5.47. The van der Waals surface area contributed by atoms with Crippen LogP contribution in [0.1, 0.15) is 19.8 Å². The van der Waals surface area contributed by atoms with Crippen LogP contribution in [0, 0.1) is 0 Å². The van der Waals surface area contributed by atoms with Gasteiger partial charge in [0, 0.05) is 18.9 Å². The van der Waals surface area contributed by atoms with E-state index in [1.54, 1.807) is 7.11 Å². The molecular formula is C13H20NO+. The number of nitrogens with zero attached hydrogens (tertiary/aromatic N) is 1. The molecule has 0 aliphatic carbocycles. The van der Waals surface area contributed by atoms with Crippen LogP contribution in [0.5, 0.6) is 5.75 Å². The van der Waals surface area contributed by atoms with E-state index in [-0.39, 0.29) is 0 Å². The third-order valence-electron chi connectivity index (χ3n) is 3.62. The number of rotatable bonds is 3. The van der Waals surface area contributed by atoms with Gasteiger partial charge in [0.2, 0.25) is 0 Å². The molecule has 0 unspecified atom stereocenters. The Morgan fingerprint density at radius 1 is 1.20 bits per heavy atom. The van der Waals surface area contributed by atoms with Crippen molar-refractivity contribution >= 4 is 5.69 Å². The smallest absolute Gasteiger partial charge is 0.179 e. The van der Waals surface area contributed by atoms with Crippen molar-refractivity contribution in [3.8, 4) is 5.75 Å². The van der Waals surface area contributed by atoms with Crippen molar-refractivity contribution in [3.05, 3.63) is 24.3 Å². The van der Waals surface area contributed by atoms with E-state index in [1.807, 2.05) is 6.07 Å². The number of methoxy groups -OCH3 is 1. The van der Waals surface area contributed by atoms with Gasteiger partial charge in [-0.3, -0.25) is 4.48 Å². The summed E-state index contributed by atoms with van der Waals surface area (Å²) in [5.41, 5.74) is 1.36. The van der Waals surface area contributed by atoms with Gasteiger partial charge in [0.05, 0.1) is 26.7 Å². The van der Waals surface area contributed by atoms with Crippen molar-refractivity contribution in [3.63, 3.8) is 0 Å². The number of hydrogen-bond acceptors (Lipinski definition) is 1. The minimum Gasteiger partial charge on any atom is -0.491 e. The number of ether oxygens (including phenoxy) is 1. The Labute approximate surface area is 92.1 Å². The largest absolute Gasteiger partial charge is 0.491 e. The lowest BCUT2D eigenvalue weighted by Gasteiger charge is -2.33. The van der Waals surface area contributed by atoms with Gasteiger partial charge in [-0.15, -0.1) is 0 Å². The minimum atomic E-state index is 1.04. The SMILES string of the molecule is CC[N+]1(c2ccccc2OC)CCCC1. The first kappa shape index (κ1) is 10.5. The van der Waals surface area contributed by atoms with Crippen molar-refractivity contribution in [2.75, 3.05) is 26.7 Å². The van der Waals surface area contributed by atoms with Gasteiger partial charge >= 0.3 is 0 Å². The second-order valence-electron chi connectivity index (χ2n) is 4.29. The van der Waals surface area contributed by atoms with E-state index >= 15 is 0 Å². The molecule has 1 aliphatic rings. The second kappa shape index (κ2) is 4.23. The van der Waals surface area contributed by atoms with E-state index in [0.717, 1.165) is 10.2 Å². The zero-order valence-electron chi connectivity index (χ0n) is 9.70. The molecule has 1 fully saturated rings. The summed E-state index contributed by atoms with van der Waals surface area (Å²) in [4.78, 5) is 0. The average Bonchev–Trinajstić information content (AvgIpc) is 2.79. The highest BCUT2D eigenvalue weighted by Crippen LogP contribution is 2.36. The van der Waals surface area contributed by atoms with Gasteiger partial charge in [-0.1, -0.05) is 12.1 Å². The molecule has 2 rings (SSSR count). The van der Waals surface area contributed by atoms with Crippen molar-refractivity contribution in [1.29, 1.82) is 0 Å². The Morgan fingerprint density at radius 2 is 1.87 bits per heavy atom. The fourth-order valence-corrected chi connectivity index (χ4v) is 2.69. The van der Waals surface area contributed by atoms with Gasteiger partial charge in [0.1, 0.15) is 0 Å². The lowest BCUT2D eigenvalue weighted by molar-refractivity contribution is 0.328. The van der Waals surface area contributed by atoms with Gasteiger partial charge in [-0.2, -0.15) is 0 Å². The van der Waals surface area contributed by atoms with Crippen LogP contribution in [-0.4, -0.2) is 26.7 Å². The summed E-state index contributed by atoms with van der Waals surface area (Å²) in [5, 5.41) is 0. The molecule has 0 radical (unpaired) electrons. The number of quaternary nitrogens is 1. The van der Waals surface area contributed by atoms with E-state index in [2.05, 4.69) is 25.1 Å². The van der Waals surface area contributed by atoms with Crippen LogP contribution in [0.3, 0.4) is 0 Å². The molecule has 1 aromatic rings. The molecule has 1 aliphatic heterocycles. The van der Waals surface area contributed by atoms with E-state index in [0.29, 0.717) is 0 Å². The maximum Gasteiger partial charge on any atom is 0.179 e. The summed E-state index contributed by atoms with van der Waals surface area (Å²) in [5.74, 6) is 1.04. The van der Waals surface area contributed by atoms with Crippen LogP contribution in [0.15, 0.2) is 24.3 Å². The monoisotopic (exact) mass is 206 g/mol. The Kier molecular flexibility index (Phi) is 2.96. The first-order valence-corrected chi connectivity index (χ1v) is 5.82. The molecule has 1 heterocycles. The minimum absolute atomic E-state index is 1.04. The summed E-state index contributed by atoms with van der Waals surface area (Å²) in [6.07, 6.45) is 2.68. The number of hydrogen-bond donors (Lipinski definition) is 0. The standard InChI is InChI=1S/C13H20NO/c1-3-14(10-6-7-11-14)12-8-4-5-9-13(12)15-2/h4-5,8-9H,3,6-7,10-11H2,1-2H3/q+1. The molecule has 1 saturated heterocycles. The normalized spacial score (nSPS) is 19.1. The third-order valence-corrected chi connectivity index (χ3v) is 3.62. The molecule has 0 aromatic heterocycles. The lowest BCUT2D eigenvalue weighted by Crippen LogP contribution is -2.46. The van der Waals surface area contributed by atoms with Gasteiger partial charge in [-0.05, 0) is 13.0 Å². The highest BCUT2D eigenvalue weighted by atomic mass is 16.5. The Bertz CT molecular complexity index is 329. The molecule has 0 atom stereocenters. The Balaban J connectivity index is 2.41. The molecule has 0 amide bonds. The van der Waals surface area contributed by atoms with E-state index in [4.69, 9.17) is 4.74 Å². The first-order valence-electron chi connectivity index (χ1n) is 5.82. The quantitative estimate of drug-likeness (QED) is 0.691. The van der Waals surface area contributed by atoms with E-state index in [1.165, 1.54) is 38.2 Å². The molecule has 0 N–H and O–H groups in total. The zero-order valence-corrected chi connectivity index (χ0v) is 9.70. The summed E-state index contributed by atoms with van der Waals surface area (Å²) in [7, 11) is 1.76. The average molecular weight is 206 g/mol. The van der Waals surface area contributed by atoms with Gasteiger partial charge in [0.25, 0.3) is 0 Å². The topological polar surface area (TPSA) is 9.23 Å². The molecule has 2 nitrogen and oxygen atoms in total. The van der Waals surface area contributed by atoms with Crippen LogP contribution in [-0.2, 0) is 0 Å². The molecule has 2 heteroatoms. The zero-order chi connectivity index (χ0) is 10.7. The fourth-order valence-electron chi connectivity index (χ4n) is 2.69. The molecule has 0 saturated carbocycles. The second-order valence-corrected chi connectivity index (χ2v) is 4.29. The lowest BCUT2D eigenvalue weighted by atomic mass is 10.2.